The summed E-state index contributed by atoms with van der Waals surface area (Å²) in [5, 5.41) is 3.17. The van der Waals surface area contributed by atoms with Gasteiger partial charge in [0.15, 0.2) is 0 Å². The molecule has 0 aliphatic rings. The van der Waals surface area contributed by atoms with Crippen LogP contribution in [0.3, 0.4) is 0 Å². The Bertz CT molecular complexity index is 334. The van der Waals surface area contributed by atoms with Gasteiger partial charge in [-0.3, -0.25) is 0 Å². The fraction of sp³-hybridized carbons (Fsp3) is 0.538. The van der Waals surface area contributed by atoms with E-state index in [1.54, 1.807) is 6.07 Å². The number of hydrogen-bond donors (Lipinski definition) is 2. The van der Waals surface area contributed by atoms with Crippen LogP contribution in [0.4, 0.5) is 15.8 Å². The minimum atomic E-state index is -0.303. The van der Waals surface area contributed by atoms with Crippen molar-refractivity contribution >= 4 is 11.4 Å². The third kappa shape index (κ3) is 4.61. The number of hydrogen-bond acceptors (Lipinski definition) is 3. The fourth-order valence-electron chi connectivity index (χ4n) is 1.62. The summed E-state index contributed by atoms with van der Waals surface area (Å²) in [4.78, 5) is 2.27. The summed E-state index contributed by atoms with van der Waals surface area (Å²) in [6.45, 7) is 6.07. The lowest BCUT2D eigenvalue weighted by molar-refractivity contribution is 0.261. The second kappa shape index (κ2) is 6.45. The van der Waals surface area contributed by atoms with Gasteiger partial charge in [-0.15, -0.1) is 0 Å². The van der Waals surface area contributed by atoms with Crippen LogP contribution in [-0.4, -0.2) is 31.1 Å². The van der Waals surface area contributed by atoms with E-state index in [1.807, 2.05) is 0 Å². The molecular weight excluding hydrogens is 217 g/mol. The van der Waals surface area contributed by atoms with Crippen molar-refractivity contribution in [1.29, 1.82) is 0 Å². The molecule has 1 aromatic rings. The highest BCUT2D eigenvalue weighted by Crippen LogP contribution is 2.15. The van der Waals surface area contributed by atoms with E-state index >= 15 is 0 Å². The Morgan fingerprint density at radius 2 is 2.12 bits per heavy atom. The van der Waals surface area contributed by atoms with Crippen molar-refractivity contribution in [3.05, 3.63) is 24.0 Å². The Labute approximate surface area is 103 Å². The summed E-state index contributed by atoms with van der Waals surface area (Å²) >= 11 is 0. The number of nitrogens with two attached hydrogens (primary N) is 1. The number of halogens is 1. The first-order chi connectivity index (χ1) is 8.02. The highest BCUT2D eigenvalue weighted by atomic mass is 19.1. The lowest BCUT2D eigenvalue weighted by Gasteiger charge is -2.23. The van der Waals surface area contributed by atoms with E-state index < -0.39 is 0 Å². The van der Waals surface area contributed by atoms with Gasteiger partial charge in [0.25, 0.3) is 0 Å². The first-order valence-corrected chi connectivity index (χ1v) is 6.03. The Morgan fingerprint density at radius 1 is 1.41 bits per heavy atom. The molecule has 1 aromatic carbocycles. The molecule has 1 unspecified atom stereocenters. The normalized spacial score (nSPS) is 12.8. The molecule has 3 nitrogen and oxygen atoms in total. The Balaban J connectivity index is 2.40. The van der Waals surface area contributed by atoms with E-state index in [9.17, 15) is 4.39 Å². The van der Waals surface area contributed by atoms with Crippen molar-refractivity contribution in [2.24, 2.45) is 0 Å². The van der Waals surface area contributed by atoms with Gasteiger partial charge in [-0.05, 0) is 38.6 Å². The van der Waals surface area contributed by atoms with Crippen LogP contribution in [0.5, 0.6) is 0 Å². The maximum absolute atomic E-state index is 13.1. The second-order valence-corrected chi connectivity index (χ2v) is 4.44. The van der Waals surface area contributed by atoms with Gasteiger partial charge >= 0.3 is 0 Å². The largest absolute Gasteiger partial charge is 0.399 e. The predicted molar refractivity (Wildman–Crippen MR) is 71.7 cm³/mol. The quantitative estimate of drug-likeness (QED) is 0.750. The van der Waals surface area contributed by atoms with E-state index in [2.05, 4.69) is 31.1 Å². The summed E-state index contributed by atoms with van der Waals surface area (Å²) in [5.41, 5.74) is 6.75. The van der Waals surface area contributed by atoms with Gasteiger partial charge in [0.2, 0.25) is 0 Å². The van der Waals surface area contributed by atoms with Crippen LogP contribution in [0.1, 0.15) is 20.3 Å². The highest BCUT2D eigenvalue weighted by Gasteiger charge is 2.05. The van der Waals surface area contributed by atoms with Crippen LogP contribution in [0.2, 0.25) is 0 Å². The molecule has 0 saturated carbocycles. The zero-order valence-corrected chi connectivity index (χ0v) is 10.8. The summed E-state index contributed by atoms with van der Waals surface area (Å²) in [7, 11) is 2.09. The van der Waals surface area contributed by atoms with Crippen LogP contribution in [0.25, 0.3) is 0 Å². The van der Waals surface area contributed by atoms with Gasteiger partial charge in [-0.25, -0.2) is 4.39 Å². The van der Waals surface area contributed by atoms with Crippen LogP contribution in [-0.2, 0) is 0 Å². The monoisotopic (exact) mass is 239 g/mol. The average molecular weight is 239 g/mol. The van der Waals surface area contributed by atoms with E-state index in [1.165, 1.54) is 12.1 Å². The summed E-state index contributed by atoms with van der Waals surface area (Å²) in [6, 6.07) is 5.08. The molecule has 3 N–H and O–H groups in total. The molecule has 4 heteroatoms. The molecule has 0 saturated heterocycles. The molecule has 0 bridgehead atoms. The van der Waals surface area contributed by atoms with Crippen molar-refractivity contribution in [1.82, 2.24) is 4.90 Å². The van der Waals surface area contributed by atoms with Crippen LogP contribution in [0, 0.1) is 5.82 Å². The van der Waals surface area contributed by atoms with Gasteiger partial charge in [0.1, 0.15) is 5.82 Å². The molecule has 0 heterocycles. The average Bonchev–Trinajstić information content (AvgIpc) is 2.26. The molecule has 0 aliphatic carbocycles. The van der Waals surface area contributed by atoms with Crippen LogP contribution < -0.4 is 11.1 Å². The molecule has 0 spiro atoms. The Hall–Kier alpha value is -1.29. The first-order valence-electron chi connectivity index (χ1n) is 6.03. The van der Waals surface area contributed by atoms with Crippen LogP contribution >= 0.6 is 0 Å². The molecule has 0 amide bonds. The molecule has 0 radical (unpaired) electrons. The molecule has 96 valence electrons. The van der Waals surface area contributed by atoms with E-state index in [0.29, 0.717) is 11.7 Å². The first kappa shape index (κ1) is 13.8. The third-order valence-electron chi connectivity index (χ3n) is 3.06. The van der Waals surface area contributed by atoms with Crippen LogP contribution in [0.15, 0.2) is 18.2 Å². The fourth-order valence-corrected chi connectivity index (χ4v) is 1.62. The molecule has 0 aliphatic heterocycles. The van der Waals surface area contributed by atoms with E-state index in [-0.39, 0.29) is 5.82 Å². The van der Waals surface area contributed by atoms with Gasteiger partial charge < -0.3 is 16.0 Å². The number of nitrogens with zero attached hydrogens (tertiary/aromatic N) is 1. The topological polar surface area (TPSA) is 41.3 Å². The number of nitrogen functional groups attached to an aromatic ring is 1. The second-order valence-electron chi connectivity index (χ2n) is 4.44. The van der Waals surface area contributed by atoms with Gasteiger partial charge in [-0.1, -0.05) is 6.92 Å². The van der Waals surface area contributed by atoms with Crippen molar-refractivity contribution in [2.75, 3.05) is 31.2 Å². The maximum Gasteiger partial charge on any atom is 0.127 e. The Morgan fingerprint density at radius 3 is 2.71 bits per heavy atom. The van der Waals surface area contributed by atoms with Gasteiger partial charge in [0.05, 0.1) is 0 Å². The summed E-state index contributed by atoms with van der Waals surface area (Å²) in [5.74, 6) is -0.303. The van der Waals surface area contributed by atoms with Crippen molar-refractivity contribution in [3.8, 4) is 0 Å². The number of benzene rings is 1. The molecule has 17 heavy (non-hydrogen) atoms. The molecule has 0 aromatic heterocycles. The summed E-state index contributed by atoms with van der Waals surface area (Å²) in [6.07, 6.45) is 1.13. The number of anilines is 2. The zero-order chi connectivity index (χ0) is 12.8. The zero-order valence-electron chi connectivity index (χ0n) is 10.8. The van der Waals surface area contributed by atoms with Crippen molar-refractivity contribution < 1.29 is 4.39 Å². The van der Waals surface area contributed by atoms with E-state index in [0.717, 1.165) is 25.2 Å². The summed E-state index contributed by atoms with van der Waals surface area (Å²) < 4.78 is 13.1. The van der Waals surface area contributed by atoms with Crippen molar-refractivity contribution in [3.63, 3.8) is 0 Å². The minimum absolute atomic E-state index is 0.303. The molecule has 0 fully saturated rings. The molecular formula is C13H22FN3. The lowest BCUT2D eigenvalue weighted by Crippen LogP contribution is -2.32. The molecule has 1 rings (SSSR count). The Kier molecular flexibility index (Phi) is 5.22. The maximum atomic E-state index is 13.1. The SMILES string of the molecule is CCC(C)N(C)CCNc1cc(N)cc(F)c1. The standard InChI is InChI=1S/C13H22FN3/c1-4-10(2)17(3)6-5-16-13-8-11(14)7-12(15)9-13/h7-10,16H,4-6,15H2,1-3H3. The third-order valence-corrected chi connectivity index (χ3v) is 3.06. The van der Waals surface area contributed by atoms with Gasteiger partial charge in [0, 0.05) is 30.5 Å². The number of nitrogens with one attached hydrogen (secondary N) is 1. The molecule has 1 atom stereocenters. The minimum Gasteiger partial charge on any atom is -0.399 e. The van der Waals surface area contributed by atoms with Gasteiger partial charge in [-0.2, -0.15) is 0 Å². The highest BCUT2D eigenvalue weighted by molar-refractivity contribution is 5.54. The van der Waals surface area contributed by atoms with Crippen molar-refractivity contribution in [2.45, 2.75) is 26.3 Å². The number of likely N-dealkylation sites (N-methyl/N-ethyl adjacent to an activating group) is 1. The smallest absolute Gasteiger partial charge is 0.127 e. The predicted octanol–water partition coefficient (Wildman–Crippen LogP) is 2.55. The van der Waals surface area contributed by atoms with E-state index in [4.69, 9.17) is 5.73 Å². The lowest BCUT2D eigenvalue weighted by atomic mass is 10.2. The number of rotatable bonds is 6.